The zero-order valence-corrected chi connectivity index (χ0v) is 4.93. The molecule has 0 heterocycles. The summed E-state index contributed by atoms with van der Waals surface area (Å²) in [7, 11) is 9.34. The average molecular weight is 163 g/mol. The van der Waals surface area contributed by atoms with Crippen LogP contribution in [0.25, 0.3) is 0 Å². The van der Waals surface area contributed by atoms with Crippen LogP contribution in [0.2, 0.25) is 0 Å². The Morgan fingerprint density at radius 2 is 1.20 bits per heavy atom. The summed E-state index contributed by atoms with van der Waals surface area (Å²) in [4.78, 5) is 0. The molecule has 0 saturated carbocycles. The number of rotatable bonds is 0. The van der Waals surface area contributed by atoms with Crippen molar-refractivity contribution >= 4 is 20.2 Å². The summed E-state index contributed by atoms with van der Waals surface area (Å²) >= 11 is 0.757. The van der Waals surface area contributed by atoms with E-state index in [4.69, 9.17) is 0 Å². The van der Waals surface area contributed by atoms with Gasteiger partial charge >= 0.3 is 33.3 Å². The average Bonchev–Trinajstić information content (AvgIpc) is 1.46. The van der Waals surface area contributed by atoms with E-state index in [9.17, 15) is 0 Å². The van der Waals surface area contributed by atoms with E-state index >= 15 is 0 Å². The van der Waals surface area contributed by atoms with Gasteiger partial charge in [-0.25, -0.2) is 0 Å². The van der Waals surface area contributed by atoms with Crippen LogP contribution in [-0.2, 0) is 13.1 Å². The SMILES string of the molecule is C=C.[Cl][Cu][Cl]. The monoisotopic (exact) mass is 161 g/mol. The second kappa shape index (κ2) is 21.1. The van der Waals surface area contributed by atoms with E-state index in [2.05, 4.69) is 33.4 Å². The standard InChI is InChI=1S/C2H4.2ClH.Cu/c1-2;;;/h1-2H2;2*1H;/q;;;+2/p-2. The summed E-state index contributed by atoms with van der Waals surface area (Å²) in [5.74, 6) is 0. The van der Waals surface area contributed by atoms with Crippen molar-refractivity contribution < 1.29 is 13.1 Å². The Kier molecular flexibility index (Phi) is 39.1. The molecule has 0 aliphatic heterocycles. The van der Waals surface area contributed by atoms with E-state index in [-0.39, 0.29) is 0 Å². The van der Waals surface area contributed by atoms with Crippen molar-refractivity contribution in [1.82, 2.24) is 0 Å². The van der Waals surface area contributed by atoms with Crippen molar-refractivity contribution in [2.75, 3.05) is 0 Å². The van der Waals surface area contributed by atoms with Gasteiger partial charge < -0.3 is 0 Å². The molecule has 0 atom stereocenters. The molecule has 0 aromatic carbocycles. The van der Waals surface area contributed by atoms with Crippen LogP contribution in [0.4, 0.5) is 0 Å². The maximum absolute atomic E-state index is 4.67. The van der Waals surface area contributed by atoms with Crippen LogP contribution in [-0.4, -0.2) is 0 Å². The van der Waals surface area contributed by atoms with Gasteiger partial charge in [0.15, 0.2) is 0 Å². The van der Waals surface area contributed by atoms with Crippen LogP contribution in [0, 0.1) is 0 Å². The predicted molar refractivity (Wildman–Crippen MR) is 23.0 cm³/mol. The number of hydrogen-bond donors (Lipinski definition) is 0. The first-order valence-corrected chi connectivity index (χ1v) is 3.32. The number of halogens is 2. The Balaban J connectivity index is 0. The summed E-state index contributed by atoms with van der Waals surface area (Å²) in [6, 6.07) is 0. The van der Waals surface area contributed by atoms with Gasteiger partial charge in [-0.2, -0.15) is 0 Å². The second-order valence-electron chi connectivity index (χ2n) is 0.0431. The van der Waals surface area contributed by atoms with Gasteiger partial charge in [0.1, 0.15) is 0 Å². The fourth-order valence-corrected chi connectivity index (χ4v) is 0. The summed E-state index contributed by atoms with van der Waals surface area (Å²) in [5.41, 5.74) is 0. The Hall–Kier alpha value is 0.839. The number of hydrogen-bond acceptors (Lipinski definition) is 0. The molecular formula is C2H4Cl2Cu. The molecule has 0 aliphatic rings. The van der Waals surface area contributed by atoms with Gasteiger partial charge in [-0.1, -0.05) is 0 Å². The first-order chi connectivity index (χ1) is 2.41. The topological polar surface area (TPSA) is 0 Å². The van der Waals surface area contributed by atoms with Crippen molar-refractivity contribution in [1.29, 1.82) is 0 Å². The van der Waals surface area contributed by atoms with Crippen molar-refractivity contribution in [3.8, 4) is 0 Å². The van der Waals surface area contributed by atoms with Crippen LogP contribution < -0.4 is 0 Å². The van der Waals surface area contributed by atoms with E-state index in [1.807, 2.05) is 0 Å². The quantitative estimate of drug-likeness (QED) is 0.378. The second-order valence-corrected chi connectivity index (χ2v) is 1.60. The Bertz CT molecular complexity index is 11.6. The Morgan fingerprint density at radius 1 is 1.20 bits per heavy atom. The van der Waals surface area contributed by atoms with E-state index in [1.165, 1.54) is 0 Å². The van der Waals surface area contributed by atoms with Crippen molar-refractivity contribution in [2.45, 2.75) is 0 Å². The fraction of sp³-hybridized carbons (Fsp3) is 0. The van der Waals surface area contributed by atoms with Crippen LogP contribution in [0.1, 0.15) is 0 Å². The van der Waals surface area contributed by atoms with Gasteiger partial charge in [-0.05, 0) is 0 Å². The molecule has 0 aromatic heterocycles. The molecule has 0 saturated heterocycles. The van der Waals surface area contributed by atoms with Gasteiger partial charge in [0.05, 0.1) is 0 Å². The molecule has 0 amide bonds. The van der Waals surface area contributed by atoms with Crippen molar-refractivity contribution in [3.05, 3.63) is 13.2 Å². The van der Waals surface area contributed by atoms with Gasteiger partial charge in [-0.15, -0.1) is 13.2 Å². The van der Waals surface area contributed by atoms with Crippen LogP contribution >= 0.6 is 20.2 Å². The molecular weight excluding hydrogens is 158 g/mol. The maximum atomic E-state index is 4.67. The fourth-order valence-electron chi connectivity index (χ4n) is 0. The van der Waals surface area contributed by atoms with E-state index in [0.717, 1.165) is 13.1 Å². The molecule has 0 nitrogen and oxygen atoms in total. The molecule has 0 N–H and O–H groups in total. The predicted octanol–water partition coefficient (Wildman–Crippen LogP) is 2.18. The van der Waals surface area contributed by atoms with Crippen LogP contribution in [0.15, 0.2) is 13.2 Å². The molecule has 0 spiro atoms. The Labute approximate surface area is 46.8 Å². The molecule has 0 aliphatic carbocycles. The third kappa shape index (κ3) is 55.4. The van der Waals surface area contributed by atoms with Crippen LogP contribution in [0.5, 0.6) is 0 Å². The third-order valence-electron chi connectivity index (χ3n) is 0. The summed E-state index contributed by atoms with van der Waals surface area (Å²) in [6.07, 6.45) is 0. The molecule has 5 heavy (non-hydrogen) atoms. The van der Waals surface area contributed by atoms with Gasteiger partial charge in [0.25, 0.3) is 0 Å². The molecule has 0 fully saturated rings. The molecule has 0 rings (SSSR count). The Morgan fingerprint density at radius 3 is 1.20 bits per heavy atom. The van der Waals surface area contributed by atoms with Crippen molar-refractivity contribution in [3.63, 3.8) is 0 Å². The van der Waals surface area contributed by atoms with E-state index in [0.29, 0.717) is 0 Å². The third-order valence-corrected chi connectivity index (χ3v) is 0. The van der Waals surface area contributed by atoms with E-state index < -0.39 is 0 Å². The first-order valence-electron chi connectivity index (χ1n) is 0.728. The molecule has 37 valence electrons. The molecule has 3 heteroatoms. The van der Waals surface area contributed by atoms with Gasteiger partial charge in [0, 0.05) is 0 Å². The van der Waals surface area contributed by atoms with Gasteiger partial charge in [-0.3, -0.25) is 0 Å². The van der Waals surface area contributed by atoms with Crippen LogP contribution in [0.3, 0.4) is 0 Å². The van der Waals surface area contributed by atoms with Gasteiger partial charge in [0.2, 0.25) is 0 Å². The van der Waals surface area contributed by atoms with Crippen molar-refractivity contribution in [2.24, 2.45) is 0 Å². The molecule has 0 bridgehead atoms. The zero-order chi connectivity index (χ0) is 4.71. The molecule has 0 unspecified atom stereocenters. The zero-order valence-electron chi connectivity index (χ0n) is 2.47. The summed E-state index contributed by atoms with van der Waals surface area (Å²) in [5, 5.41) is 0. The normalized spacial score (nSPS) is 5.20. The minimum absolute atomic E-state index is 0.757. The summed E-state index contributed by atoms with van der Waals surface area (Å²) in [6.45, 7) is 6.00. The first kappa shape index (κ1) is 9.28. The minimum atomic E-state index is 0.757. The molecule has 0 aromatic rings. The molecule has 0 radical (unpaired) electrons. The van der Waals surface area contributed by atoms with E-state index in [1.54, 1.807) is 0 Å². The summed E-state index contributed by atoms with van der Waals surface area (Å²) < 4.78 is 0.